The Morgan fingerprint density at radius 2 is 2.00 bits per heavy atom. The molecule has 0 atom stereocenters. The Bertz CT molecular complexity index is 264. The summed E-state index contributed by atoms with van der Waals surface area (Å²) in [4.78, 5) is 10.5. The Morgan fingerprint density at radius 3 is 2.47 bits per heavy atom. The quantitative estimate of drug-likeness (QED) is 0.313. The van der Waals surface area contributed by atoms with Gasteiger partial charge in [-0.3, -0.25) is 0 Å². The van der Waals surface area contributed by atoms with Crippen LogP contribution < -0.4 is 5.32 Å². The van der Waals surface area contributed by atoms with E-state index < -0.39 is 30.8 Å². The van der Waals surface area contributed by atoms with Gasteiger partial charge in [-0.2, -0.15) is 0 Å². The zero-order chi connectivity index (χ0) is 13.5. The molecule has 0 aliphatic heterocycles. The molecule has 0 amide bonds. The van der Waals surface area contributed by atoms with Crippen LogP contribution in [0.15, 0.2) is 12.7 Å². The van der Waals surface area contributed by atoms with Crippen molar-refractivity contribution in [2.24, 2.45) is 0 Å². The van der Waals surface area contributed by atoms with Crippen LogP contribution in [0, 0.1) is 0 Å². The first kappa shape index (κ1) is 15.9. The first-order valence-corrected chi connectivity index (χ1v) is 4.92. The molecule has 0 spiro atoms. The van der Waals surface area contributed by atoms with Crippen molar-refractivity contribution in [1.29, 1.82) is 0 Å². The second-order valence-electron chi connectivity index (χ2n) is 3.65. The lowest BCUT2D eigenvalue weighted by Gasteiger charge is -2.20. The summed E-state index contributed by atoms with van der Waals surface area (Å²) in [7, 11) is 0. The van der Waals surface area contributed by atoms with Gasteiger partial charge in [0.15, 0.2) is 0 Å². The minimum atomic E-state index is -3.50. The van der Waals surface area contributed by atoms with E-state index in [0.29, 0.717) is 6.92 Å². The summed E-state index contributed by atoms with van der Waals surface area (Å²) in [6.45, 7) is 2.53. The average Bonchev–Trinajstić information content (AvgIpc) is 2.12. The molecule has 3 nitrogen and oxygen atoms in total. The number of alkyl halides is 4. The maximum absolute atomic E-state index is 12.9. The van der Waals surface area contributed by atoms with Crippen molar-refractivity contribution < 1.29 is 27.1 Å². The fourth-order valence-electron chi connectivity index (χ4n) is 1.07. The van der Waals surface area contributed by atoms with Crippen LogP contribution in [-0.4, -0.2) is 37.5 Å². The summed E-state index contributed by atoms with van der Waals surface area (Å²) in [6.07, 6.45) is -0.578. The summed E-state index contributed by atoms with van der Waals surface area (Å²) in [5.74, 6) is -7.58. The Morgan fingerprint density at radius 1 is 1.41 bits per heavy atom. The van der Waals surface area contributed by atoms with Gasteiger partial charge in [-0.15, -0.1) is 0 Å². The second kappa shape index (κ2) is 6.58. The molecule has 0 aromatic carbocycles. The highest BCUT2D eigenvalue weighted by Gasteiger charge is 2.39. The summed E-state index contributed by atoms with van der Waals surface area (Å²) in [5.41, 5.74) is 0. The SMILES string of the molecule is C=CC(=O)OCCNCC(F)(F)CC(C)(F)F. The third kappa shape index (κ3) is 9.80. The summed E-state index contributed by atoms with van der Waals surface area (Å²) in [5, 5.41) is 2.23. The maximum atomic E-state index is 12.9. The van der Waals surface area contributed by atoms with E-state index in [1.165, 1.54) is 0 Å². The third-order valence-electron chi connectivity index (χ3n) is 1.64. The highest BCUT2D eigenvalue weighted by atomic mass is 19.3. The predicted octanol–water partition coefficient (Wildman–Crippen LogP) is 1.99. The number of carbonyl (C=O) groups excluding carboxylic acids is 1. The second-order valence-corrected chi connectivity index (χ2v) is 3.65. The van der Waals surface area contributed by atoms with E-state index in [4.69, 9.17) is 0 Å². The van der Waals surface area contributed by atoms with Crippen molar-refractivity contribution >= 4 is 5.97 Å². The molecule has 0 unspecified atom stereocenters. The van der Waals surface area contributed by atoms with E-state index in [1.807, 2.05) is 0 Å². The van der Waals surface area contributed by atoms with Gasteiger partial charge >= 0.3 is 5.97 Å². The molecule has 0 aromatic heterocycles. The first-order chi connectivity index (χ1) is 7.66. The maximum Gasteiger partial charge on any atom is 0.330 e. The van der Waals surface area contributed by atoms with E-state index in [1.54, 1.807) is 0 Å². The molecule has 17 heavy (non-hydrogen) atoms. The molecule has 1 N–H and O–H groups in total. The molecule has 7 heteroatoms. The Balaban J connectivity index is 3.73. The fourth-order valence-corrected chi connectivity index (χ4v) is 1.07. The van der Waals surface area contributed by atoms with Crippen molar-refractivity contribution in [2.75, 3.05) is 19.7 Å². The van der Waals surface area contributed by atoms with Gasteiger partial charge in [0.05, 0.1) is 13.0 Å². The van der Waals surface area contributed by atoms with Crippen LogP contribution in [0.4, 0.5) is 17.6 Å². The molecular weight excluding hydrogens is 242 g/mol. The van der Waals surface area contributed by atoms with Gasteiger partial charge < -0.3 is 10.1 Å². The van der Waals surface area contributed by atoms with Crippen LogP contribution >= 0.6 is 0 Å². The van der Waals surface area contributed by atoms with Crippen LogP contribution in [0.5, 0.6) is 0 Å². The van der Waals surface area contributed by atoms with Crippen LogP contribution in [0.25, 0.3) is 0 Å². The largest absolute Gasteiger partial charge is 0.461 e. The Kier molecular flexibility index (Phi) is 6.15. The third-order valence-corrected chi connectivity index (χ3v) is 1.64. The topological polar surface area (TPSA) is 38.3 Å². The molecule has 0 aliphatic carbocycles. The van der Waals surface area contributed by atoms with Crippen molar-refractivity contribution in [1.82, 2.24) is 5.32 Å². The highest BCUT2D eigenvalue weighted by molar-refractivity contribution is 5.81. The van der Waals surface area contributed by atoms with Crippen molar-refractivity contribution in [2.45, 2.75) is 25.2 Å². The fraction of sp³-hybridized carbons (Fsp3) is 0.700. The molecule has 0 rings (SSSR count). The number of rotatable bonds is 8. The first-order valence-electron chi connectivity index (χ1n) is 4.92. The zero-order valence-corrected chi connectivity index (χ0v) is 9.44. The molecular formula is C10H15F4NO2. The predicted molar refractivity (Wildman–Crippen MR) is 54.2 cm³/mol. The number of halogens is 4. The van der Waals surface area contributed by atoms with E-state index in [0.717, 1.165) is 6.08 Å². The van der Waals surface area contributed by atoms with Gasteiger partial charge in [0.25, 0.3) is 11.8 Å². The number of hydrogen-bond acceptors (Lipinski definition) is 3. The molecule has 0 aliphatic rings. The molecule has 0 bridgehead atoms. The number of ether oxygens (including phenoxy) is 1. The lowest BCUT2D eigenvalue weighted by Crippen LogP contribution is -2.38. The lowest BCUT2D eigenvalue weighted by molar-refractivity contribution is -0.137. The van der Waals surface area contributed by atoms with Gasteiger partial charge in [0.2, 0.25) is 0 Å². The number of carbonyl (C=O) groups is 1. The Labute approximate surface area is 96.8 Å². The van der Waals surface area contributed by atoms with Crippen LogP contribution in [-0.2, 0) is 9.53 Å². The molecule has 0 saturated carbocycles. The van der Waals surface area contributed by atoms with Crippen LogP contribution in [0.3, 0.4) is 0 Å². The highest BCUT2D eigenvalue weighted by Crippen LogP contribution is 2.29. The van der Waals surface area contributed by atoms with E-state index in [9.17, 15) is 22.4 Å². The van der Waals surface area contributed by atoms with Crippen LogP contribution in [0.1, 0.15) is 13.3 Å². The summed E-state index contributed by atoms with van der Waals surface area (Å²) >= 11 is 0. The van der Waals surface area contributed by atoms with Gasteiger partial charge in [0, 0.05) is 12.6 Å². The minimum Gasteiger partial charge on any atom is -0.461 e. The van der Waals surface area contributed by atoms with Gasteiger partial charge in [-0.25, -0.2) is 22.4 Å². The molecule has 0 radical (unpaired) electrons. The van der Waals surface area contributed by atoms with E-state index in [-0.39, 0.29) is 13.2 Å². The van der Waals surface area contributed by atoms with Gasteiger partial charge in [-0.05, 0) is 6.92 Å². The van der Waals surface area contributed by atoms with E-state index >= 15 is 0 Å². The van der Waals surface area contributed by atoms with Crippen molar-refractivity contribution in [3.8, 4) is 0 Å². The van der Waals surface area contributed by atoms with Crippen molar-refractivity contribution in [3.63, 3.8) is 0 Å². The zero-order valence-electron chi connectivity index (χ0n) is 9.44. The smallest absolute Gasteiger partial charge is 0.330 e. The van der Waals surface area contributed by atoms with E-state index in [2.05, 4.69) is 16.6 Å². The van der Waals surface area contributed by atoms with Crippen LogP contribution in [0.2, 0.25) is 0 Å². The Hall–Kier alpha value is -1.11. The monoisotopic (exact) mass is 257 g/mol. The minimum absolute atomic E-state index is 0.0372. The molecule has 0 saturated heterocycles. The van der Waals surface area contributed by atoms with Crippen molar-refractivity contribution in [3.05, 3.63) is 12.7 Å². The van der Waals surface area contributed by atoms with Gasteiger partial charge in [0.1, 0.15) is 6.61 Å². The van der Waals surface area contributed by atoms with Gasteiger partial charge in [-0.1, -0.05) is 6.58 Å². The molecule has 0 heterocycles. The number of esters is 1. The molecule has 0 aromatic rings. The summed E-state index contributed by atoms with van der Waals surface area (Å²) in [6, 6.07) is 0. The molecule has 100 valence electrons. The normalized spacial score (nSPS) is 12.3. The standard InChI is InChI=1S/C10H15F4NO2/c1-3-8(16)17-5-4-15-7-10(13,14)6-9(2,11)12/h3,15H,1,4-7H2,2H3. The summed E-state index contributed by atoms with van der Waals surface area (Å²) < 4.78 is 55.0. The number of hydrogen-bond donors (Lipinski definition) is 1. The lowest BCUT2D eigenvalue weighted by atomic mass is 10.1. The molecule has 0 fully saturated rings. The number of nitrogens with one attached hydrogen (secondary N) is 1. The average molecular weight is 257 g/mol.